The van der Waals surface area contributed by atoms with Crippen LogP contribution in [0.4, 0.5) is 0 Å². The van der Waals surface area contributed by atoms with Crippen LogP contribution in [0.1, 0.15) is 155 Å². The lowest BCUT2D eigenvalue weighted by molar-refractivity contribution is -0.158. The normalized spacial score (nSPS) is 26.9. The maximum atomic E-state index is 13.2. The van der Waals surface area contributed by atoms with Crippen molar-refractivity contribution >= 4 is 17.9 Å². The summed E-state index contributed by atoms with van der Waals surface area (Å²) in [5.74, 6) is 2.54. The van der Waals surface area contributed by atoms with Crippen LogP contribution < -0.4 is 0 Å². The summed E-state index contributed by atoms with van der Waals surface area (Å²) in [6, 6.07) is 0.622. The summed E-state index contributed by atoms with van der Waals surface area (Å²) in [4.78, 5) is 44.3. The molecule has 6 rings (SSSR count). The van der Waals surface area contributed by atoms with Gasteiger partial charge in [0.1, 0.15) is 19.8 Å². The Morgan fingerprint density at radius 3 is 1.85 bits per heavy atom. The van der Waals surface area contributed by atoms with Crippen molar-refractivity contribution in [2.75, 3.05) is 52.5 Å². The fourth-order valence-corrected chi connectivity index (χ4v) is 10.8. The second kappa shape index (κ2) is 24.6. The van der Waals surface area contributed by atoms with Crippen LogP contribution in [0.5, 0.6) is 0 Å². The van der Waals surface area contributed by atoms with Gasteiger partial charge in [-0.2, -0.15) is 0 Å². The number of rotatable bonds is 25. The summed E-state index contributed by atoms with van der Waals surface area (Å²) in [7, 11) is 0. The number of unbranched alkanes of at least 4 members (excludes halogenated alkanes) is 8. The lowest BCUT2D eigenvalue weighted by atomic mass is 9.51. The largest absolute Gasteiger partial charge is 0.465 e. The number of esters is 3. The highest BCUT2D eigenvalue weighted by Crippen LogP contribution is 2.57. The Bertz CT molecular complexity index is 1160. The highest BCUT2D eigenvalue weighted by molar-refractivity contribution is 5.72. The van der Waals surface area contributed by atoms with Crippen molar-refractivity contribution < 1.29 is 28.6 Å². The molecule has 0 aromatic rings. The van der Waals surface area contributed by atoms with Crippen LogP contribution in [-0.2, 0) is 28.6 Å². The number of piperidine rings is 2. The molecule has 4 saturated carbocycles. The minimum absolute atomic E-state index is 0.104. The third-order valence-corrected chi connectivity index (χ3v) is 14.0. The molecule has 8 nitrogen and oxygen atoms in total. The van der Waals surface area contributed by atoms with E-state index in [0.29, 0.717) is 36.6 Å². The van der Waals surface area contributed by atoms with E-state index in [-0.39, 0.29) is 49.6 Å². The van der Waals surface area contributed by atoms with Crippen LogP contribution in [-0.4, -0.2) is 86.3 Å². The molecule has 1 unspecified atom stereocenters. The summed E-state index contributed by atoms with van der Waals surface area (Å²) in [6.07, 6.45) is 33.1. The van der Waals surface area contributed by atoms with E-state index in [4.69, 9.17) is 14.2 Å². The van der Waals surface area contributed by atoms with Gasteiger partial charge in [0, 0.05) is 18.9 Å². The monoisotopic (exact) mass is 767 g/mol. The number of likely N-dealkylation sites (tertiary alicyclic amines) is 2. The molecule has 0 N–H and O–H groups in total. The molecule has 0 amide bonds. The zero-order valence-corrected chi connectivity index (χ0v) is 35.0. The van der Waals surface area contributed by atoms with Gasteiger partial charge in [-0.05, 0) is 159 Å². The van der Waals surface area contributed by atoms with E-state index in [9.17, 15) is 14.4 Å². The summed E-state index contributed by atoms with van der Waals surface area (Å²) in [5, 5.41) is 0. The SMILES string of the molecule is CCCCC/C=C\C/C=C\CCCCCCCC(=O)OCC(COC(=O)CC1[C@H]2CC3CC(C2)C[C@@H]1C3)COC(=O)C1CCN(C2CCN(CC)CC2)CC1. The van der Waals surface area contributed by atoms with Crippen LogP contribution in [0.2, 0.25) is 0 Å². The number of ether oxygens (including phenoxy) is 3. The molecular weight excluding hydrogens is 689 g/mol. The molecule has 6 fully saturated rings. The average molecular weight is 767 g/mol. The second-order valence-corrected chi connectivity index (χ2v) is 18.1. The second-order valence-electron chi connectivity index (χ2n) is 18.1. The van der Waals surface area contributed by atoms with Crippen molar-refractivity contribution in [3.8, 4) is 0 Å². The van der Waals surface area contributed by atoms with Gasteiger partial charge in [0.25, 0.3) is 0 Å². The van der Waals surface area contributed by atoms with E-state index in [0.717, 1.165) is 76.4 Å². The molecule has 0 spiro atoms. The Balaban J connectivity index is 0.978. The Labute approximate surface area is 334 Å². The number of carbonyl (C=O) groups is 3. The fourth-order valence-electron chi connectivity index (χ4n) is 10.8. The quantitative estimate of drug-likeness (QED) is 0.0393. The molecule has 6 aliphatic rings. The zero-order valence-electron chi connectivity index (χ0n) is 35.0. The highest BCUT2D eigenvalue weighted by atomic mass is 16.6. The minimum atomic E-state index is -0.358. The summed E-state index contributed by atoms with van der Waals surface area (Å²) in [6.45, 7) is 10.1. The molecule has 4 bridgehead atoms. The van der Waals surface area contributed by atoms with Gasteiger partial charge in [0.2, 0.25) is 0 Å². The van der Waals surface area contributed by atoms with E-state index in [1.165, 1.54) is 96.6 Å². The van der Waals surface area contributed by atoms with Gasteiger partial charge in [-0.25, -0.2) is 0 Å². The first-order chi connectivity index (χ1) is 26.9. The number of carbonyl (C=O) groups excluding carboxylic acids is 3. The smallest absolute Gasteiger partial charge is 0.309 e. The van der Waals surface area contributed by atoms with Crippen molar-refractivity contribution in [3.05, 3.63) is 24.3 Å². The molecule has 2 heterocycles. The predicted octanol–water partition coefficient (Wildman–Crippen LogP) is 9.70. The van der Waals surface area contributed by atoms with E-state index in [2.05, 4.69) is 48.0 Å². The number of hydrogen-bond acceptors (Lipinski definition) is 8. The van der Waals surface area contributed by atoms with Crippen LogP contribution in [0.15, 0.2) is 24.3 Å². The molecular formula is C47H78N2O6. The highest BCUT2D eigenvalue weighted by Gasteiger charge is 2.48. The lowest BCUT2D eigenvalue weighted by Crippen LogP contribution is -2.48. The van der Waals surface area contributed by atoms with E-state index in [1.54, 1.807) is 0 Å². The van der Waals surface area contributed by atoms with Crippen LogP contribution in [0, 0.1) is 41.4 Å². The standard InChI is InChI=1S/C47H78N2O6/c1-3-5-6-7-8-9-10-11-12-13-14-15-16-17-18-19-45(50)53-34-39(35-54-46(51)33-44-41-29-37-28-38(31-41)32-42(44)30-37)36-55-47(52)40-20-26-49(27-21-40)43-22-24-48(4-2)25-23-43/h8-9,11-12,37-44H,3-7,10,13-36H2,1-2H3/b9-8-,12-11-/t37?,38?,39?,41-,42-,44?. The number of hydrogen-bond donors (Lipinski definition) is 0. The van der Waals surface area contributed by atoms with E-state index < -0.39 is 0 Å². The Hall–Kier alpha value is -2.19. The predicted molar refractivity (Wildman–Crippen MR) is 220 cm³/mol. The maximum absolute atomic E-state index is 13.2. The van der Waals surface area contributed by atoms with Gasteiger partial charge in [-0.3, -0.25) is 14.4 Å². The molecule has 0 aromatic carbocycles. The lowest BCUT2D eigenvalue weighted by Gasteiger charge is -2.54. The third-order valence-electron chi connectivity index (χ3n) is 14.0. The van der Waals surface area contributed by atoms with Gasteiger partial charge in [0.15, 0.2) is 0 Å². The van der Waals surface area contributed by atoms with Gasteiger partial charge >= 0.3 is 17.9 Å². The van der Waals surface area contributed by atoms with Gasteiger partial charge in [0.05, 0.1) is 11.8 Å². The van der Waals surface area contributed by atoms with E-state index in [1.807, 2.05) is 0 Å². The first-order valence-corrected chi connectivity index (χ1v) is 23.2. The van der Waals surface area contributed by atoms with Crippen molar-refractivity contribution in [2.45, 2.75) is 161 Å². The van der Waals surface area contributed by atoms with Crippen LogP contribution in [0.25, 0.3) is 0 Å². The third kappa shape index (κ3) is 15.2. The molecule has 2 saturated heterocycles. The molecule has 0 aromatic heterocycles. The van der Waals surface area contributed by atoms with Crippen molar-refractivity contribution in [3.63, 3.8) is 0 Å². The Kier molecular flexibility index (Phi) is 19.6. The van der Waals surface area contributed by atoms with Gasteiger partial charge < -0.3 is 24.0 Å². The maximum Gasteiger partial charge on any atom is 0.309 e. The van der Waals surface area contributed by atoms with Gasteiger partial charge in [-0.1, -0.05) is 70.3 Å². The minimum Gasteiger partial charge on any atom is -0.465 e. The van der Waals surface area contributed by atoms with Crippen molar-refractivity contribution in [1.29, 1.82) is 0 Å². The molecule has 4 aliphatic carbocycles. The summed E-state index contributed by atoms with van der Waals surface area (Å²) in [5.41, 5.74) is 0. The van der Waals surface area contributed by atoms with E-state index >= 15 is 0 Å². The first kappa shape index (κ1) is 43.9. The topological polar surface area (TPSA) is 85.4 Å². The van der Waals surface area contributed by atoms with Crippen LogP contribution in [0.3, 0.4) is 0 Å². The molecule has 55 heavy (non-hydrogen) atoms. The zero-order chi connectivity index (χ0) is 38.7. The number of allylic oxidation sites excluding steroid dienone is 4. The van der Waals surface area contributed by atoms with Crippen molar-refractivity contribution in [2.24, 2.45) is 41.4 Å². The molecule has 1 atom stereocenters. The molecule has 2 aliphatic heterocycles. The fraction of sp³-hybridized carbons (Fsp3) is 0.851. The summed E-state index contributed by atoms with van der Waals surface area (Å²) >= 11 is 0. The van der Waals surface area contributed by atoms with Crippen LogP contribution >= 0.6 is 0 Å². The van der Waals surface area contributed by atoms with Gasteiger partial charge in [-0.15, -0.1) is 0 Å². The molecule has 312 valence electrons. The average Bonchev–Trinajstić information content (AvgIpc) is 3.20. The first-order valence-electron chi connectivity index (χ1n) is 23.2. The van der Waals surface area contributed by atoms with Crippen molar-refractivity contribution in [1.82, 2.24) is 9.80 Å². The number of nitrogens with zero attached hydrogens (tertiary/aromatic N) is 2. The molecule has 8 heteroatoms. The Morgan fingerprint density at radius 2 is 1.22 bits per heavy atom. The summed E-state index contributed by atoms with van der Waals surface area (Å²) < 4.78 is 17.5. The molecule has 0 radical (unpaired) electrons. The Morgan fingerprint density at radius 1 is 0.636 bits per heavy atom.